The van der Waals surface area contributed by atoms with Gasteiger partial charge in [0.25, 0.3) is 0 Å². The average molecular weight is 221 g/mol. The molecule has 0 N–H and O–H groups in total. The summed E-state index contributed by atoms with van der Waals surface area (Å²) < 4.78 is 8.15. The van der Waals surface area contributed by atoms with Crippen LogP contribution >= 0.6 is 0 Å². The minimum absolute atomic E-state index is 0.256. The maximum atomic E-state index is 5.88. The fourth-order valence-corrected chi connectivity index (χ4v) is 2.84. The van der Waals surface area contributed by atoms with Crippen LogP contribution in [0, 0.1) is 5.92 Å². The van der Waals surface area contributed by atoms with Crippen LogP contribution in [0.4, 0.5) is 0 Å². The molecule has 1 aromatic rings. The Kier molecular flexibility index (Phi) is 2.28. The number of hydrogen-bond acceptors (Lipinski definition) is 3. The van der Waals surface area contributed by atoms with Crippen molar-refractivity contribution in [3.05, 3.63) is 12.2 Å². The van der Waals surface area contributed by atoms with Gasteiger partial charge < -0.3 is 9.30 Å². The molecule has 1 saturated heterocycles. The molecule has 3 rings (SSSR count). The van der Waals surface area contributed by atoms with Crippen molar-refractivity contribution < 1.29 is 4.74 Å². The molecule has 1 saturated carbocycles. The van der Waals surface area contributed by atoms with Gasteiger partial charge in [0.15, 0.2) is 0 Å². The largest absolute Gasteiger partial charge is 0.374 e. The van der Waals surface area contributed by atoms with Crippen LogP contribution in [0.2, 0.25) is 0 Å². The second-order valence-corrected chi connectivity index (χ2v) is 5.26. The molecule has 4 nitrogen and oxygen atoms in total. The first-order chi connectivity index (χ1) is 7.68. The SMILES string of the molecule is CC1OC(C)C(c2nncn2C2CC2)C1C. The van der Waals surface area contributed by atoms with Crippen LogP contribution in [-0.4, -0.2) is 27.0 Å². The maximum absolute atomic E-state index is 5.88. The van der Waals surface area contributed by atoms with Gasteiger partial charge >= 0.3 is 0 Å². The minimum Gasteiger partial charge on any atom is -0.374 e. The fraction of sp³-hybridized carbons (Fsp3) is 0.833. The molecular formula is C12H19N3O. The Labute approximate surface area is 96.0 Å². The molecule has 4 atom stereocenters. The van der Waals surface area contributed by atoms with Crippen LogP contribution in [0.1, 0.15) is 51.4 Å². The van der Waals surface area contributed by atoms with E-state index in [1.54, 1.807) is 0 Å². The van der Waals surface area contributed by atoms with Crippen molar-refractivity contribution in [1.29, 1.82) is 0 Å². The lowest BCUT2D eigenvalue weighted by Crippen LogP contribution is -2.19. The molecule has 1 aliphatic carbocycles. The second-order valence-electron chi connectivity index (χ2n) is 5.26. The van der Waals surface area contributed by atoms with Crippen molar-refractivity contribution in [2.75, 3.05) is 0 Å². The minimum atomic E-state index is 0.256. The summed E-state index contributed by atoms with van der Waals surface area (Å²) >= 11 is 0. The Balaban J connectivity index is 1.93. The lowest BCUT2D eigenvalue weighted by molar-refractivity contribution is 0.0551. The number of aromatic nitrogens is 3. The van der Waals surface area contributed by atoms with Crippen molar-refractivity contribution in [3.63, 3.8) is 0 Å². The molecule has 88 valence electrons. The maximum Gasteiger partial charge on any atom is 0.139 e. The van der Waals surface area contributed by atoms with Crippen LogP contribution in [0.15, 0.2) is 6.33 Å². The van der Waals surface area contributed by atoms with Gasteiger partial charge in [-0.1, -0.05) is 6.92 Å². The summed E-state index contributed by atoms with van der Waals surface area (Å²) in [5.74, 6) is 2.06. The molecule has 16 heavy (non-hydrogen) atoms. The molecule has 1 aromatic heterocycles. The predicted molar refractivity (Wildman–Crippen MR) is 60.2 cm³/mol. The predicted octanol–water partition coefficient (Wildman–Crippen LogP) is 2.14. The Morgan fingerprint density at radius 2 is 2.00 bits per heavy atom. The first-order valence-electron chi connectivity index (χ1n) is 6.23. The van der Waals surface area contributed by atoms with E-state index in [2.05, 4.69) is 35.5 Å². The van der Waals surface area contributed by atoms with Gasteiger partial charge in [0.05, 0.1) is 18.1 Å². The van der Waals surface area contributed by atoms with Gasteiger partial charge in [0, 0.05) is 6.04 Å². The summed E-state index contributed by atoms with van der Waals surface area (Å²) in [6, 6.07) is 0.653. The van der Waals surface area contributed by atoms with Crippen LogP contribution in [-0.2, 0) is 4.74 Å². The molecule has 4 heteroatoms. The summed E-state index contributed by atoms with van der Waals surface area (Å²) in [5, 5.41) is 8.41. The van der Waals surface area contributed by atoms with Crippen molar-refractivity contribution in [3.8, 4) is 0 Å². The quantitative estimate of drug-likeness (QED) is 0.768. The lowest BCUT2D eigenvalue weighted by Gasteiger charge is -2.18. The molecule has 2 fully saturated rings. The van der Waals surface area contributed by atoms with E-state index in [9.17, 15) is 0 Å². The third-order valence-corrected chi connectivity index (χ3v) is 4.08. The van der Waals surface area contributed by atoms with Gasteiger partial charge in [0.2, 0.25) is 0 Å². The van der Waals surface area contributed by atoms with E-state index in [-0.39, 0.29) is 6.10 Å². The molecular weight excluding hydrogens is 202 g/mol. The molecule has 4 unspecified atom stereocenters. The third-order valence-electron chi connectivity index (χ3n) is 4.08. The standard InChI is InChI=1S/C12H19N3O/c1-7-8(2)16-9(3)11(7)12-14-13-6-15(12)10-4-5-10/h6-11H,4-5H2,1-3H3. The van der Waals surface area contributed by atoms with E-state index in [0.717, 1.165) is 5.82 Å². The van der Waals surface area contributed by atoms with E-state index in [4.69, 9.17) is 4.74 Å². The highest BCUT2D eigenvalue weighted by Crippen LogP contribution is 2.42. The lowest BCUT2D eigenvalue weighted by atomic mass is 9.89. The van der Waals surface area contributed by atoms with E-state index >= 15 is 0 Å². The summed E-state index contributed by atoms with van der Waals surface area (Å²) in [5.41, 5.74) is 0. The van der Waals surface area contributed by atoms with Gasteiger partial charge in [0.1, 0.15) is 12.2 Å². The number of hydrogen-bond donors (Lipinski definition) is 0. The molecule has 2 aliphatic rings. The Morgan fingerprint density at radius 3 is 2.56 bits per heavy atom. The first-order valence-corrected chi connectivity index (χ1v) is 6.23. The second kappa shape index (κ2) is 3.55. The summed E-state index contributed by atoms with van der Waals surface area (Å²) in [6.45, 7) is 6.56. The summed E-state index contributed by atoms with van der Waals surface area (Å²) in [7, 11) is 0. The zero-order valence-electron chi connectivity index (χ0n) is 10.1. The molecule has 0 amide bonds. The molecule has 2 heterocycles. The van der Waals surface area contributed by atoms with Gasteiger partial charge in [-0.25, -0.2) is 0 Å². The smallest absolute Gasteiger partial charge is 0.139 e. The number of ether oxygens (including phenoxy) is 1. The topological polar surface area (TPSA) is 39.9 Å². The van der Waals surface area contributed by atoms with E-state index < -0.39 is 0 Å². The Bertz CT molecular complexity index is 385. The van der Waals surface area contributed by atoms with Crippen molar-refractivity contribution in [2.45, 2.75) is 57.8 Å². The molecule has 0 spiro atoms. The highest BCUT2D eigenvalue weighted by Gasteiger charge is 2.42. The molecule has 0 bridgehead atoms. The third kappa shape index (κ3) is 1.47. The highest BCUT2D eigenvalue weighted by molar-refractivity contribution is 5.08. The number of rotatable bonds is 2. The molecule has 0 radical (unpaired) electrons. The van der Waals surface area contributed by atoms with E-state index in [1.807, 2.05) is 6.33 Å². The van der Waals surface area contributed by atoms with Crippen LogP contribution in [0.5, 0.6) is 0 Å². The molecule has 1 aliphatic heterocycles. The van der Waals surface area contributed by atoms with E-state index in [0.29, 0.717) is 24.0 Å². The monoisotopic (exact) mass is 221 g/mol. The van der Waals surface area contributed by atoms with Crippen molar-refractivity contribution in [1.82, 2.24) is 14.8 Å². The molecule has 0 aromatic carbocycles. The fourth-order valence-electron chi connectivity index (χ4n) is 2.84. The van der Waals surface area contributed by atoms with Gasteiger partial charge in [-0.05, 0) is 32.6 Å². The van der Waals surface area contributed by atoms with Crippen LogP contribution in [0.25, 0.3) is 0 Å². The summed E-state index contributed by atoms with van der Waals surface area (Å²) in [4.78, 5) is 0. The number of nitrogens with zero attached hydrogens (tertiary/aromatic N) is 3. The zero-order valence-corrected chi connectivity index (χ0v) is 10.1. The average Bonchev–Trinajstić information content (AvgIpc) is 2.92. The van der Waals surface area contributed by atoms with Crippen LogP contribution in [0.3, 0.4) is 0 Å². The van der Waals surface area contributed by atoms with Crippen LogP contribution < -0.4 is 0 Å². The first kappa shape index (κ1) is 10.3. The normalized spacial score (nSPS) is 39.2. The Morgan fingerprint density at radius 1 is 1.25 bits per heavy atom. The zero-order chi connectivity index (χ0) is 11.3. The van der Waals surface area contributed by atoms with E-state index in [1.165, 1.54) is 12.8 Å². The van der Waals surface area contributed by atoms with Gasteiger partial charge in [-0.2, -0.15) is 0 Å². The van der Waals surface area contributed by atoms with Gasteiger partial charge in [-0.3, -0.25) is 0 Å². The highest BCUT2D eigenvalue weighted by atomic mass is 16.5. The van der Waals surface area contributed by atoms with Crippen molar-refractivity contribution in [2.24, 2.45) is 5.92 Å². The Hall–Kier alpha value is -0.900. The van der Waals surface area contributed by atoms with Crippen molar-refractivity contribution >= 4 is 0 Å². The summed E-state index contributed by atoms with van der Waals surface area (Å²) in [6.07, 6.45) is 5.01. The van der Waals surface area contributed by atoms with Gasteiger partial charge in [-0.15, -0.1) is 10.2 Å².